The molecule has 0 rings (SSSR count). The van der Waals surface area contributed by atoms with E-state index in [2.05, 4.69) is 13.8 Å². The molecule has 0 aromatic carbocycles. The van der Waals surface area contributed by atoms with E-state index >= 15 is 0 Å². The molecule has 0 radical (unpaired) electrons. The maximum Gasteiger partial charge on any atom is 0.305 e. The molecular formula is C40H80O10. The first kappa shape index (κ1) is 49.1. The van der Waals surface area contributed by atoms with Gasteiger partial charge in [-0.1, -0.05) is 123 Å². The van der Waals surface area contributed by atoms with Gasteiger partial charge in [0.1, 0.15) is 6.61 Å². The molecule has 0 bridgehead atoms. The molecule has 0 N–H and O–H groups in total. The molecule has 10 nitrogen and oxygen atoms in total. The lowest BCUT2D eigenvalue weighted by molar-refractivity contribution is -0.145. The summed E-state index contributed by atoms with van der Waals surface area (Å²) in [5.74, 6) is -0.126. The first-order valence-electron chi connectivity index (χ1n) is 20.6. The summed E-state index contributed by atoms with van der Waals surface area (Å²) in [6.07, 6.45) is 25.1. The number of unbranched alkanes of at least 4 members (excludes halogenated alkanes) is 17. The van der Waals surface area contributed by atoms with Gasteiger partial charge >= 0.3 is 5.97 Å². The summed E-state index contributed by atoms with van der Waals surface area (Å²) in [6, 6.07) is 0. The van der Waals surface area contributed by atoms with E-state index in [4.69, 9.17) is 42.6 Å². The van der Waals surface area contributed by atoms with E-state index in [1.54, 1.807) is 0 Å². The summed E-state index contributed by atoms with van der Waals surface area (Å²) < 4.78 is 49.4. The van der Waals surface area contributed by atoms with E-state index < -0.39 is 0 Å². The molecule has 50 heavy (non-hydrogen) atoms. The normalized spacial score (nSPS) is 11.5. The monoisotopic (exact) mass is 721 g/mol. The SMILES string of the molecule is CCCCCCCCCCCCCCCC(=O)OCCOCCOCCOCCOCCOCCOCCOCCOCCCCCCCC. The van der Waals surface area contributed by atoms with E-state index in [1.807, 2.05) is 0 Å². The van der Waals surface area contributed by atoms with E-state index in [1.165, 1.54) is 103 Å². The molecule has 0 fully saturated rings. The van der Waals surface area contributed by atoms with Gasteiger partial charge in [-0.15, -0.1) is 0 Å². The zero-order chi connectivity index (χ0) is 36.1. The summed E-state index contributed by atoms with van der Waals surface area (Å²) in [6.45, 7) is 13.5. The molecule has 0 amide bonds. The van der Waals surface area contributed by atoms with Gasteiger partial charge in [-0.25, -0.2) is 0 Å². The van der Waals surface area contributed by atoms with Crippen molar-refractivity contribution >= 4 is 5.97 Å². The zero-order valence-electron chi connectivity index (χ0n) is 32.7. The van der Waals surface area contributed by atoms with Crippen LogP contribution in [0.15, 0.2) is 0 Å². The Labute approximate surface area is 307 Å². The minimum atomic E-state index is -0.126. The van der Waals surface area contributed by atoms with Crippen LogP contribution < -0.4 is 0 Å². The number of rotatable bonds is 45. The van der Waals surface area contributed by atoms with E-state index in [9.17, 15) is 4.79 Å². The Balaban J connectivity index is 3.12. The largest absolute Gasteiger partial charge is 0.463 e. The molecule has 0 saturated heterocycles. The van der Waals surface area contributed by atoms with Crippen LogP contribution in [0, 0.1) is 0 Å². The standard InChI is InChI=1S/C40H80O10/c1-3-5-7-9-11-12-13-14-15-16-17-18-20-22-40(41)50-39-38-49-37-36-48-35-34-47-33-32-46-31-30-45-29-28-44-27-26-43-25-24-42-23-21-19-10-8-6-4-2/h3-39H2,1-2H3. The van der Waals surface area contributed by atoms with Crippen LogP contribution in [0.25, 0.3) is 0 Å². The van der Waals surface area contributed by atoms with Crippen LogP contribution in [0.4, 0.5) is 0 Å². The second kappa shape index (κ2) is 46.2. The number of hydrogen-bond acceptors (Lipinski definition) is 10. The van der Waals surface area contributed by atoms with Gasteiger partial charge in [0.25, 0.3) is 0 Å². The maximum absolute atomic E-state index is 11.9. The minimum Gasteiger partial charge on any atom is -0.463 e. The summed E-state index contributed by atoms with van der Waals surface area (Å²) in [4.78, 5) is 11.9. The third-order valence-electron chi connectivity index (χ3n) is 8.22. The molecule has 10 heteroatoms. The van der Waals surface area contributed by atoms with Crippen LogP contribution >= 0.6 is 0 Å². The molecular weight excluding hydrogens is 640 g/mol. The highest BCUT2D eigenvalue weighted by molar-refractivity contribution is 5.69. The van der Waals surface area contributed by atoms with Crippen molar-refractivity contribution < 1.29 is 47.4 Å². The van der Waals surface area contributed by atoms with Crippen LogP contribution in [0.2, 0.25) is 0 Å². The molecule has 0 aromatic rings. The van der Waals surface area contributed by atoms with Crippen molar-refractivity contribution in [1.29, 1.82) is 0 Å². The van der Waals surface area contributed by atoms with Crippen molar-refractivity contribution in [3.8, 4) is 0 Å². The zero-order valence-corrected chi connectivity index (χ0v) is 32.7. The second-order valence-electron chi connectivity index (χ2n) is 12.9. The van der Waals surface area contributed by atoms with Gasteiger partial charge in [-0.2, -0.15) is 0 Å². The first-order valence-corrected chi connectivity index (χ1v) is 20.6. The van der Waals surface area contributed by atoms with Gasteiger partial charge < -0.3 is 42.6 Å². The van der Waals surface area contributed by atoms with Gasteiger partial charge in [-0.05, 0) is 12.8 Å². The fourth-order valence-electron chi connectivity index (χ4n) is 5.20. The molecule has 0 aromatic heterocycles. The predicted molar refractivity (Wildman–Crippen MR) is 201 cm³/mol. The number of carbonyl (C=O) groups excluding carboxylic acids is 1. The molecule has 0 saturated carbocycles. The fourth-order valence-corrected chi connectivity index (χ4v) is 5.20. The van der Waals surface area contributed by atoms with Gasteiger partial charge in [0.05, 0.1) is 99.1 Å². The summed E-state index contributed by atoms with van der Waals surface area (Å²) in [7, 11) is 0. The van der Waals surface area contributed by atoms with Crippen molar-refractivity contribution in [2.75, 3.05) is 112 Å². The van der Waals surface area contributed by atoms with Gasteiger partial charge in [0.15, 0.2) is 0 Å². The smallest absolute Gasteiger partial charge is 0.305 e. The molecule has 0 aliphatic heterocycles. The minimum absolute atomic E-state index is 0.126. The lowest BCUT2D eigenvalue weighted by Gasteiger charge is -2.09. The highest BCUT2D eigenvalue weighted by Crippen LogP contribution is 2.13. The second-order valence-corrected chi connectivity index (χ2v) is 12.9. The molecule has 300 valence electrons. The van der Waals surface area contributed by atoms with Crippen molar-refractivity contribution in [1.82, 2.24) is 0 Å². The van der Waals surface area contributed by atoms with Crippen molar-refractivity contribution in [2.45, 2.75) is 142 Å². The molecule has 0 atom stereocenters. The van der Waals surface area contributed by atoms with Crippen molar-refractivity contribution in [3.05, 3.63) is 0 Å². The number of hydrogen-bond donors (Lipinski definition) is 0. The third kappa shape index (κ3) is 45.2. The molecule has 0 aliphatic carbocycles. The van der Waals surface area contributed by atoms with Crippen molar-refractivity contribution in [2.24, 2.45) is 0 Å². The Morgan fingerprint density at radius 3 is 0.840 bits per heavy atom. The highest BCUT2D eigenvalue weighted by Gasteiger charge is 2.03. The Kier molecular flexibility index (Phi) is 45.4. The first-order chi connectivity index (χ1) is 24.8. The fraction of sp³-hybridized carbons (Fsp3) is 0.975. The Morgan fingerprint density at radius 1 is 0.280 bits per heavy atom. The quantitative estimate of drug-likeness (QED) is 0.0450. The van der Waals surface area contributed by atoms with Crippen LogP contribution in [0.1, 0.15) is 142 Å². The van der Waals surface area contributed by atoms with Crippen LogP contribution in [-0.4, -0.2) is 118 Å². The molecule has 0 spiro atoms. The summed E-state index contributed by atoms with van der Waals surface area (Å²) >= 11 is 0. The number of ether oxygens (including phenoxy) is 9. The van der Waals surface area contributed by atoms with Crippen LogP contribution in [0.3, 0.4) is 0 Å². The van der Waals surface area contributed by atoms with E-state index in [0.717, 1.165) is 25.9 Å². The lowest BCUT2D eigenvalue weighted by atomic mass is 10.0. The summed E-state index contributed by atoms with van der Waals surface area (Å²) in [5, 5.41) is 0. The topological polar surface area (TPSA) is 100 Å². The van der Waals surface area contributed by atoms with Gasteiger partial charge in [-0.3, -0.25) is 4.79 Å². The molecule has 0 heterocycles. The maximum atomic E-state index is 11.9. The van der Waals surface area contributed by atoms with E-state index in [0.29, 0.717) is 112 Å². The van der Waals surface area contributed by atoms with Gasteiger partial charge in [0.2, 0.25) is 0 Å². The lowest BCUT2D eigenvalue weighted by Crippen LogP contribution is -2.15. The Hall–Kier alpha value is -0.850. The Bertz CT molecular complexity index is 625. The molecule has 0 unspecified atom stereocenters. The van der Waals surface area contributed by atoms with Gasteiger partial charge in [0, 0.05) is 13.0 Å². The molecule has 0 aliphatic rings. The van der Waals surface area contributed by atoms with Crippen molar-refractivity contribution in [3.63, 3.8) is 0 Å². The average molecular weight is 721 g/mol. The predicted octanol–water partition coefficient (Wildman–Crippen LogP) is 8.50. The average Bonchev–Trinajstić information content (AvgIpc) is 3.12. The van der Waals surface area contributed by atoms with Crippen LogP contribution in [0.5, 0.6) is 0 Å². The highest BCUT2D eigenvalue weighted by atomic mass is 16.6. The van der Waals surface area contributed by atoms with Crippen LogP contribution in [-0.2, 0) is 47.4 Å². The number of esters is 1. The number of carbonyl (C=O) groups is 1. The summed E-state index contributed by atoms with van der Waals surface area (Å²) in [5.41, 5.74) is 0. The Morgan fingerprint density at radius 2 is 0.520 bits per heavy atom. The third-order valence-corrected chi connectivity index (χ3v) is 8.22. The van der Waals surface area contributed by atoms with E-state index in [-0.39, 0.29) is 5.97 Å².